The summed E-state index contributed by atoms with van der Waals surface area (Å²) < 4.78 is 4.77. The number of pyridine rings is 1. The number of carbonyl (C=O) groups is 3. The number of benzene rings is 1. The van der Waals surface area contributed by atoms with Crippen molar-refractivity contribution >= 4 is 23.5 Å². The van der Waals surface area contributed by atoms with Gasteiger partial charge in [-0.05, 0) is 36.2 Å². The van der Waals surface area contributed by atoms with Crippen LogP contribution in [0.2, 0.25) is 0 Å². The van der Waals surface area contributed by atoms with Crippen LogP contribution in [0.25, 0.3) is 0 Å². The SMILES string of the molecule is COC(=O)c1ccccc1N(CC(=O)N(C)CCc1ccncc1)C(C)=O. The second-order valence-corrected chi connectivity index (χ2v) is 6.03. The Hall–Kier alpha value is -3.22. The Morgan fingerprint density at radius 1 is 1.07 bits per heavy atom. The number of carbonyl (C=O) groups excluding carboxylic acids is 3. The third kappa shape index (κ3) is 5.37. The predicted molar refractivity (Wildman–Crippen MR) is 101 cm³/mol. The molecule has 2 amide bonds. The van der Waals surface area contributed by atoms with Crippen LogP contribution in [0.4, 0.5) is 5.69 Å². The van der Waals surface area contributed by atoms with E-state index in [4.69, 9.17) is 4.74 Å². The molecule has 0 unspecified atom stereocenters. The van der Waals surface area contributed by atoms with Crippen LogP contribution in [0.15, 0.2) is 48.8 Å². The highest BCUT2D eigenvalue weighted by atomic mass is 16.5. The fourth-order valence-electron chi connectivity index (χ4n) is 2.58. The van der Waals surface area contributed by atoms with Crippen LogP contribution in [-0.2, 0) is 20.7 Å². The molecule has 2 aromatic rings. The Morgan fingerprint density at radius 3 is 2.37 bits per heavy atom. The molecule has 0 radical (unpaired) electrons. The average molecular weight is 369 g/mol. The number of nitrogens with zero attached hydrogens (tertiary/aromatic N) is 3. The molecular formula is C20H23N3O4. The normalized spacial score (nSPS) is 10.2. The number of amides is 2. The summed E-state index contributed by atoms with van der Waals surface area (Å²) in [7, 11) is 2.96. The van der Waals surface area contributed by atoms with Crippen molar-refractivity contribution < 1.29 is 19.1 Å². The van der Waals surface area contributed by atoms with Gasteiger partial charge < -0.3 is 14.5 Å². The van der Waals surface area contributed by atoms with Crippen LogP contribution in [-0.4, -0.2) is 54.9 Å². The van der Waals surface area contributed by atoms with Gasteiger partial charge in [0.1, 0.15) is 6.54 Å². The van der Waals surface area contributed by atoms with Crippen LogP contribution >= 0.6 is 0 Å². The number of hydrogen-bond acceptors (Lipinski definition) is 5. The molecule has 0 spiro atoms. The quantitative estimate of drug-likeness (QED) is 0.697. The lowest BCUT2D eigenvalue weighted by Crippen LogP contribution is -2.42. The highest BCUT2D eigenvalue weighted by Gasteiger charge is 2.23. The van der Waals surface area contributed by atoms with E-state index in [9.17, 15) is 14.4 Å². The van der Waals surface area contributed by atoms with Gasteiger partial charge in [0.2, 0.25) is 11.8 Å². The summed E-state index contributed by atoms with van der Waals surface area (Å²) in [6.07, 6.45) is 4.10. The summed E-state index contributed by atoms with van der Waals surface area (Å²) in [6, 6.07) is 10.4. The van der Waals surface area contributed by atoms with Gasteiger partial charge in [0.05, 0.1) is 18.4 Å². The Balaban J connectivity index is 2.11. The maximum atomic E-state index is 12.6. The first kappa shape index (κ1) is 20.1. The molecule has 0 saturated carbocycles. The summed E-state index contributed by atoms with van der Waals surface area (Å²) in [6.45, 7) is 1.71. The van der Waals surface area contributed by atoms with Crippen molar-refractivity contribution in [3.05, 3.63) is 59.9 Å². The van der Waals surface area contributed by atoms with Gasteiger partial charge in [-0.3, -0.25) is 14.6 Å². The Bertz CT molecular complexity index is 808. The topological polar surface area (TPSA) is 79.8 Å². The number of para-hydroxylation sites is 1. The Labute approximate surface area is 158 Å². The van der Waals surface area contributed by atoms with Crippen LogP contribution < -0.4 is 4.90 Å². The van der Waals surface area contributed by atoms with Crippen LogP contribution in [0.3, 0.4) is 0 Å². The number of methoxy groups -OCH3 is 1. The number of ether oxygens (including phenoxy) is 1. The van der Waals surface area contributed by atoms with E-state index < -0.39 is 5.97 Å². The first-order valence-corrected chi connectivity index (χ1v) is 8.52. The van der Waals surface area contributed by atoms with Gasteiger partial charge in [-0.1, -0.05) is 12.1 Å². The highest BCUT2D eigenvalue weighted by Crippen LogP contribution is 2.21. The van der Waals surface area contributed by atoms with Crippen LogP contribution in [0.1, 0.15) is 22.8 Å². The minimum atomic E-state index is -0.560. The number of rotatable bonds is 7. The summed E-state index contributed by atoms with van der Waals surface area (Å²) in [5, 5.41) is 0. The van der Waals surface area contributed by atoms with Crippen LogP contribution in [0.5, 0.6) is 0 Å². The van der Waals surface area contributed by atoms with Crippen molar-refractivity contribution in [3.8, 4) is 0 Å². The molecular weight excluding hydrogens is 346 g/mol. The van der Waals surface area contributed by atoms with Gasteiger partial charge in [-0.2, -0.15) is 0 Å². The van der Waals surface area contributed by atoms with E-state index in [1.54, 1.807) is 48.6 Å². The van der Waals surface area contributed by atoms with E-state index in [2.05, 4.69) is 4.98 Å². The molecule has 0 aliphatic carbocycles. The predicted octanol–water partition coefficient (Wildman–Crippen LogP) is 1.92. The molecule has 27 heavy (non-hydrogen) atoms. The summed E-state index contributed by atoms with van der Waals surface area (Å²) in [4.78, 5) is 43.6. The van der Waals surface area contributed by atoms with Crippen molar-refractivity contribution in [2.45, 2.75) is 13.3 Å². The number of aromatic nitrogens is 1. The average Bonchev–Trinajstić information content (AvgIpc) is 2.70. The van der Waals surface area contributed by atoms with E-state index in [0.717, 1.165) is 5.56 Å². The number of likely N-dealkylation sites (N-methyl/N-ethyl adjacent to an activating group) is 1. The zero-order valence-corrected chi connectivity index (χ0v) is 15.7. The van der Waals surface area contributed by atoms with Gasteiger partial charge >= 0.3 is 5.97 Å². The van der Waals surface area contributed by atoms with Gasteiger partial charge in [-0.15, -0.1) is 0 Å². The number of anilines is 1. The van der Waals surface area contributed by atoms with E-state index in [-0.39, 0.29) is 23.9 Å². The molecule has 0 aliphatic heterocycles. The third-order valence-electron chi connectivity index (χ3n) is 4.18. The maximum Gasteiger partial charge on any atom is 0.339 e. The first-order valence-electron chi connectivity index (χ1n) is 8.52. The molecule has 1 aromatic carbocycles. The zero-order chi connectivity index (χ0) is 19.8. The molecule has 0 bridgehead atoms. The number of hydrogen-bond donors (Lipinski definition) is 0. The van der Waals surface area contributed by atoms with Crippen molar-refractivity contribution in [2.75, 3.05) is 32.1 Å². The standard InChI is InChI=1S/C20H23N3O4/c1-15(24)23(18-7-5-4-6-17(18)20(26)27-3)14-19(25)22(2)13-10-16-8-11-21-12-9-16/h4-9,11-12H,10,13-14H2,1-3H3. The largest absolute Gasteiger partial charge is 0.465 e. The highest BCUT2D eigenvalue weighted by molar-refractivity contribution is 6.04. The molecule has 1 aromatic heterocycles. The molecule has 0 fully saturated rings. The molecule has 0 N–H and O–H groups in total. The fraction of sp³-hybridized carbons (Fsp3) is 0.300. The van der Waals surface area contributed by atoms with Gasteiger partial charge in [0, 0.05) is 32.9 Å². The third-order valence-corrected chi connectivity index (χ3v) is 4.18. The zero-order valence-electron chi connectivity index (χ0n) is 15.7. The second-order valence-electron chi connectivity index (χ2n) is 6.03. The molecule has 0 aliphatic rings. The minimum Gasteiger partial charge on any atom is -0.465 e. The van der Waals surface area contributed by atoms with Crippen molar-refractivity contribution in [1.29, 1.82) is 0 Å². The first-order chi connectivity index (χ1) is 12.9. The van der Waals surface area contributed by atoms with Crippen molar-refractivity contribution in [2.24, 2.45) is 0 Å². The lowest BCUT2D eigenvalue weighted by atomic mass is 10.1. The minimum absolute atomic E-state index is 0.157. The van der Waals surface area contributed by atoms with Gasteiger partial charge in [0.25, 0.3) is 0 Å². The molecule has 7 nitrogen and oxygen atoms in total. The molecule has 7 heteroatoms. The molecule has 0 saturated heterocycles. The lowest BCUT2D eigenvalue weighted by molar-refractivity contribution is -0.130. The van der Waals surface area contributed by atoms with Crippen LogP contribution in [0, 0.1) is 0 Å². The van der Waals surface area contributed by atoms with E-state index in [0.29, 0.717) is 18.7 Å². The number of esters is 1. The fourth-order valence-corrected chi connectivity index (χ4v) is 2.58. The Morgan fingerprint density at radius 2 is 1.74 bits per heavy atom. The Kier molecular flexibility index (Phi) is 7.05. The molecule has 142 valence electrons. The summed E-state index contributed by atoms with van der Waals surface area (Å²) in [5.41, 5.74) is 1.67. The van der Waals surface area contributed by atoms with E-state index >= 15 is 0 Å². The lowest BCUT2D eigenvalue weighted by Gasteiger charge is -2.25. The van der Waals surface area contributed by atoms with E-state index in [1.807, 2.05) is 12.1 Å². The summed E-state index contributed by atoms with van der Waals surface area (Å²) >= 11 is 0. The smallest absolute Gasteiger partial charge is 0.339 e. The second kappa shape index (κ2) is 9.47. The van der Waals surface area contributed by atoms with Crippen molar-refractivity contribution in [1.82, 2.24) is 9.88 Å². The van der Waals surface area contributed by atoms with Gasteiger partial charge in [0.15, 0.2) is 0 Å². The maximum absolute atomic E-state index is 12.6. The molecule has 1 heterocycles. The molecule has 2 rings (SSSR count). The van der Waals surface area contributed by atoms with E-state index in [1.165, 1.54) is 18.9 Å². The van der Waals surface area contributed by atoms with Gasteiger partial charge in [-0.25, -0.2) is 4.79 Å². The summed E-state index contributed by atoms with van der Waals surface area (Å²) in [5.74, 6) is -1.11. The molecule has 0 atom stereocenters. The monoisotopic (exact) mass is 369 g/mol. The van der Waals surface area contributed by atoms with Crippen molar-refractivity contribution in [3.63, 3.8) is 0 Å².